The molecule has 0 saturated heterocycles. The molecule has 0 heterocycles. The molecule has 0 amide bonds. The number of rotatable bonds is 9. The van der Waals surface area contributed by atoms with Crippen LogP contribution in [0.3, 0.4) is 0 Å². The standard InChI is InChI=1S/C11H26NO6/c1-12(2,5-8(15)7-14)6-10(17)11(18)9(16)3-4-13/h8-11,13-18H,3-7H2,1-2H3/q+1/t8?,9-,10+,11?/m1/s1. The van der Waals surface area contributed by atoms with Gasteiger partial charge in [0.25, 0.3) is 0 Å². The lowest BCUT2D eigenvalue weighted by atomic mass is 10.0. The van der Waals surface area contributed by atoms with Crippen LogP contribution in [0.15, 0.2) is 0 Å². The van der Waals surface area contributed by atoms with Crippen LogP contribution in [0.2, 0.25) is 0 Å². The van der Waals surface area contributed by atoms with E-state index in [1.54, 1.807) is 14.1 Å². The van der Waals surface area contributed by atoms with E-state index in [9.17, 15) is 20.4 Å². The van der Waals surface area contributed by atoms with E-state index in [0.29, 0.717) is 0 Å². The van der Waals surface area contributed by atoms with E-state index in [1.165, 1.54) is 0 Å². The number of hydrogen-bond acceptors (Lipinski definition) is 6. The van der Waals surface area contributed by atoms with Crippen LogP contribution in [-0.4, -0.2) is 99.9 Å². The number of nitrogens with zero attached hydrogens (tertiary/aromatic N) is 1. The highest BCUT2D eigenvalue weighted by Crippen LogP contribution is 2.09. The van der Waals surface area contributed by atoms with Crippen LogP contribution in [0, 0.1) is 0 Å². The normalized spacial score (nSPS) is 19.3. The SMILES string of the molecule is C[N+](C)(CC(O)CO)C[C@H](O)C(O)[C@H](O)CCO. The van der Waals surface area contributed by atoms with Crippen LogP contribution < -0.4 is 0 Å². The highest BCUT2D eigenvalue weighted by atomic mass is 16.4. The minimum atomic E-state index is -1.35. The van der Waals surface area contributed by atoms with Gasteiger partial charge in [-0.2, -0.15) is 0 Å². The molecule has 18 heavy (non-hydrogen) atoms. The third-order valence-corrected chi connectivity index (χ3v) is 2.81. The van der Waals surface area contributed by atoms with E-state index in [1.807, 2.05) is 0 Å². The van der Waals surface area contributed by atoms with Crippen molar-refractivity contribution in [2.45, 2.75) is 30.8 Å². The molecule has 0 aliphatic rings. The Hall–Kier alpha value is -0.280. The van der Waals surface area contributed by atoms with Crippen LogP contribution in [0.4, 0.5) is 0 Å². The zero-order chi connectivity index (χ0) is 14.3. The molecule has 0 aliphatic heterocycles. The molecular formula is C11H26NO6+. The van der Waals surface area contributed by atoms with Gasteiger partial charge in [0.15, 0.2) is 0 Å². The summed E-state index contributed by atoms with van der Waals surface area (Å²) in [6, 6.07) is 0. The number of aliphatic hydroxyl groups excluding tert-OH is 6. The van der Waals surface area contributed by atoms with E-state index in [4.69, 9.17) is 10.2 Å². The molecule has 7 heteroatoms. The molecule has 0 saturated carbocycles. The highest BCUT2D eigenvalue weighted by Gasteiger charge is 2.31. The molecule has 2 unspecified atom stereocenters. The summed E-state index contributed by atoms with van der Waals surface area (Å²) < 4.78 is 0.186. The molecule has 7 nitrogen and oxygen atoms in total. The Morgan fingerprint density at radius 3 is 1.89 bits per heavy atom. The van der Waals surface area contributed by atoms with Crippen LogP contribution in [0.1, 0.15) is 6.42 Å². The lowest BCUT2D eigenvalue weighted by molar-refractivity contribution is -0.896. The summed E-state index contributed by atoms with van der Waals surface area (Å²) in [5, 5.41) is 55.6. The van der Waals surface area contributed by atoms with Crippen molar-refractivity contribution in [3.63, 3.8) is 0 Å². The van der Waals surface area contributed by atoms with Gasteiger partial charge in [-0.15, -0.1) is 0 Å². The Morgan fingerprint density at radius 1 is 0.889 bits per heavy atom. The number of quaternary nitrogens is 1. The van der Waals surface area contributed by atoms with Crippen molar-refractivity contribution in [1.82, 2.24) is 0 Å². The van der Waals surface area contributed by atoms with Gasteiger partial charge in [-0.1, -0.05) is 0 Å². The number of likely N-dealkylation sites (N-methyl/N-ethyl adjacent to an activating group) is 1. The minimum Gasteiger partial charge on any atom is -0.396 e. The largest absolute Gasteiger partial charge is 0.396 e. The molecule has 0 rings (SSSR count). The molecule has 0 bridgehead atoms. The van der Waals surface area contributed by atoms with Gasteiger partial charge in [-0.3, -0.25) is 0 Å². The second-order valence-electron chi connectivity index (χ2n) is 5.27. The third-order valence-electron chi connectivity index (χ3n) is 2.81. The average Bonchev–Trinajstić information content (AvgIpc) is 2.26. The summed E-state index contributed by atoms with van der Waals surface area (Å²) >= 11 is 0. The molecule has 0 aliphatic carbocycles. The lowest BCUT2D eigenvalue weighted by Gasteiger charge is -2.35. The summed E-state index contributed by atoms with van der Waals surface area (Å²) in [5.74, 6) is 0. The molecule has 0 spiro atoms. The van der Waals surface area contributed by atoms with E-state index in [2.05, 4.69) is 0 Å². The zero-order valence-electron chi connectivity index (χ0n) is 11.0. The van der Waals surface area contributed by atoms with Crippen molar-refractivity contribution >= 4 is 0 Å². The predicted octanol–water partition coefficient (Wildman–Crippen LogP) is -3.12. The highest BCUT2D eigenvalue weighted by molar-refractivity contribution is 4.75. The molecule has 4 atom stereocenters. The van der Waals surface area contributed by atoms with Crippen molar-refractivity contribution in [2.75, 3.05) is 40.4 Å². The summed E-state index contributed by atoms with van der Waals surface area (Å²) in [6.07, 6.45) is -4.61. The fraction of sp³-hybridized carbons (Fsp3) is 1.00. The molecule has 0 radical (unpaired) electrons. The average molecular weight is 268 g/mol. The van der Waals surface area contributed by atoms with Crippen molar-refractivity contribution in [3.8, 4) is 0 Å². The summed E-state index contributed by atoms with van der Waals surface area (Å²) in [7, 11) is 3.46. The first-order valence-corrected chi connectivity index (χ1v) is 5.99. The Labute approximate surface area is 107 Å². The molecule has 0 aromatic rings. The Balaban J connectivity index is 4.31. The fourth-order valence-electron chi connectivity index (χ4n) is 1.88. The smallest absolute Gasteiger partial charge is 0.131 e. The molecule has 0 aromatic heterocycles. The predicted molar refractivity (Wildman–Crippen MR) is 64.7 cm³/mol. The van der Waals surface area contributed by atoms with Gasteiger partial charge in [0.1, 0.15) is 31.4 Å². The summed E-state index contributed by atoms with van der Waals surface area (Å²) in [6.45, 7) is -0.309. The van der Waals surface area contributed by atoms with Gasteiger partial charge in [0.05, 0.1) is 26.8 Å². The van der Waals surface area contributed by atoms with Crippen molar-refractivity contribution < 1.29 is 35.1 Å². The Morgan fingerprint density at radius 2 is 1.44 bits per heavy atom. The topological polar surface area (TPSA) is 121 Å². The lowest BCUT2D eigenvalue weighted by Crippen LogP contribution is -2.54. The zero-order valence-corrected chi connectivity index (χ0v) is 11.0. The van der Waals surface area contributed by atoms with Gasteiger partial charge in [0.2, 0.25) is 0 Å². The van der Waals surface area contributed by atoms with Crippen LogP contribution in [0.5, 0.6) is 0 Å². The maximum Gasteiger partial charge on any atom is 0.131 e. The fourth-order valence-corrected chi connectivity index (χ4v) is 1.88. The number of aliphatic hydroxyl groups is 6. The van der Waals surface area contributed by atoms with Gasteiger partial charge >= 0.3 is 0 Å². The maximum absolute atomic E-state index is 9.78. The first-order chi connectivity index (χ1) is 8.23. The van der Waals surface area contributed by atoms with Crippen molar-refractivity contribution in [1.29, 1.82) is 0 Å². The van der Waals surface area contributed by atoms with Crippen LogP contribution in [-0.2, 0) is 0 Å². The summed E-state index contributed by atoms with van der Waals surface area (Å²) in [4.78, 5) is 0. The van der Waals surface area contributed by atoms with Crippen LogP contribution >= 0.6 is 0 Å². The second-order valence-corrected chi connectivity index (χ2v) is 5.27. The molecule has 6 N–H and O–H groups in total. The quantitative estimate of drug-likeness (QED) is 0.246. The Kier molecular flexibility index (Phi) is 7.88. The maximum atomic E-state index is 9.78. The first-order valence-electron chi connectivity index (χ1n) is 5.99. The van der Waals surface area contributed by atoms with E-state index >= 15 is 0 Å². The first kappa shape index (κ1) is 17.7. The number of hydrogen-bond donors (Lipinski definition) is 6. The molecule has 110 valence electrons. The van der Waals surface area contributed by atoms with Crippen molar-refractivity contribution in [3.05, 3.63) is 0 Å². The van der Waals surface area contributed by atoms with E-state index in [0.717, 1.165) is 0 Å². The minimum absolute atomic E-state index is 0.00901. The molecule has 0 fully saturated rings. The summed E-state index contributed by atoms with van der Waals surface area (Å²) in [5.41, 5.74) is 0. The van der Waals surface area contributed by atoms with E-state index < -0.39 is 24.4 Å². The monoisotopic (exact) mass is 268 g/mol. The molecule has 0 aromatic carbocycles. The van der Waals surface area contributed by atoms with Crippen molar-refractivity contribution in [2.24, 2.45) is 0 Å². The van der Waals surface area contributed by atoms with Gasteiger partial charge < -0.3 is 35.1 Å². The van der Waals surface area contributed by atoms with Gasteiger partial charge in [-0.05, 0) is 6.42 Å². The van der Waals surface area contributed by atoms with E-state index in [-0.39, 0.29) is 37.2 Å². The van der Waals surface area contributed by atoms with Crippen LogP contribution in [0.25, 0.3) is 0 Å². The third kappa shape index (κ3) is 6.60. The van der Waals surface area contributed by atoms with Gasteiger partial charge in [0, 0.05) is 6.61 Å². The second kappa shape index (κ2) is 8.00. The van der Waals surface area contributed by atoms with Gasteiger partial charge in [-0.25, -0.2) is 0 Å². The molecular weight excluding hydrogens is 242 g/mol. The Bertz CT molecular complexity index is 226.